The SMILES string of the molecule is O=C(CCSc1ccc(Cl)cc1)N(CC1CCCO1)c1nc2c(F)cc(F)cc2s1. The average molecular weight is 469 g/mol. The molecule has 2 aromatic carbocycles. The predicted molar refractivity (Wildman–Crippen MR) is 118 cm³/mol. The molecule has 0 saturated carbocycles. The lowest BCUT2D eigenvalue weighted by molar-refractivity contribution is -0.118. The molecule has 1 aliphatic heterocycles. The molecule has 0 N–H and O–H groups in total. The van der Waals surface area contributed by atoms with E-state index in [1.807, 2.05) is 24.3 Å². The molecule has 0 aliphatic carbocycles. The summed E-state index contributed by atoms with van der Waals surface area (Å²) in [5, 5.41) is 1.03. The van der Waals surface area contributed by atoms with Crippen LogP contribution < -0.4 is 4.90 Å². The number of thiazole rings is 1. The van der Waals surface area contributed by atoms with Crippen molar-refractivity contribution in [1.29, 1.82) is 0 Å². The summed E-state index contributed by atoms with van der Waals surface area (Å²) in [6.07, 6.45) is 2.01. The van der Waals surface area contributed by atoms with Crippen molar-refractivity contribution in [3.8, 4) is 0 Å². The lowest BCUT2D eigenvalue weighted by Gasteiger charge is -2.23. The van der Waals surface area contributed by atoms with Crippen molar-refractivity contribution in [2.24, 2.45) is 0 Å². The van der Waals surface area contributed by atoms with Crippen LogP contribution in [0.4, 0.5) is 13.9 Å². The second kappa shape index (κ2) is 9.60. The molecule has 4 rings (SSSR count). The van der Waals surface area contributed by atoms with E-state index in [2.05, 4.69) is 4.98 Å². The van der Waals surface area contributed by atoms with Gasteiger partial charge in [-0.1, -0.05) is 22.9 Å². The van der Waals surface area contributed by atoms with E-state index in [-0.39, 0.29) is 23.9 Å². The fraction of sp³-hybridized carbons (Fsp3) is 0.333. The first-order chi connectivity index (χ1) is 14.5. The van der Waals surface area contributed by atoms with Crippen molar-refractivity contribution in [1.82, 2.24) is 4.98 Å². The number of carbonyl (C=O) groups is 1. The van der Waals surface area contributed by atoms with Gasteiger partial charge in [0, 0.05) is 34.8 Å². The van der Waals surface area contributed by atoms with Crippen LogP contribution in [-0.2, 0) is 9.53 Å². The zero-order valence-electron chi connectivity index (χ0n) is 15.9. The van der Waals surface area contributed by atoms with Crippen LogP contribution in [-0.4, -0.2) is 35.9 Å². The first kappa shape index (κ1) is 21.5. The Labute approximate surface area is 186 Å². The first-order valence-electron chi connectivity index (χ1n) is 9.55. The number of hydrogen-bond acceptors (Lipinski definition) is 5. The number of rotatable bonds is 7. The molecule has 1 unspecified atom stereocenters. The van der Waals surface area contributed by atoms with Crippen LogP contribution in [0.5, 0.6) is 0 Å². The van der Waals surface area contributed by atoms with E-state index in [1.54, 1.807) is 16.7 Å². The molecule has 1 saturated heterocycles. The number of amides is 1. The van der Waals surface area contributed by atoms with Crippen LogP contribution in [0.1, 0.15) is 19.3 Å². The highest BCUT2D eigenvalue weighted by Crippen LogP contribution is 2.32. The molecule has 158 valence electrons. The summed E-state index contributed by atoms with van der Waals surface area (Å²) in [6, 6.07) is 9.49. The summed E-state index contributed by atoms with van der Waals surface area (Å²) in [4.78, 5) is 19.9. The molecule has 1 amide bonds. The van der Waals surface area contributed by atoms with Crippen LogP contribution in [0.15, 0.2) is 41.3 Å². The van der Waals surface area contributed by atoms with Gasteiger partial charge in [-0.15, -0.1) is 11.8 Å². The fourth-order valence-corrected chi connectivity index (χ4v) is 5.26. The minimum atomic E-state index is -0.727. The summed E-state index contributed by atoms with van der Waals surface area (Å²) < 4.78 is 33.8. The number of fused-ring (bicyclic) bond motifs is 1. The Balaban J connectivity index is 1.50. The van der Waals surface area contributed by atoms with Gasteiger partial charge in [0.05, 0.1) is 17.3 Å². The van der Waals surface area contributed by atoms with Crippen molar-refractivity contribution >= 4 is 56.0 Å². The Kier molecular flexibility index (Phi) is 6.87. The van der Waals surface area contributed by atoms with Gasteiger partial charge in [0.2, 0.25) is 5.91 Å². The number of halogens is 3. The van der Waals surface area contributed by atoms with Gasteiger partial charge in [0.1, 0.15) is 11.3 Å². The molecule has 0 radical (unpaired) electrons. The smallest absolute Gasteiger partial charge is 0.229 e. The average Bonchev–Trinajstić information content (AvgIpc) is 3.37. The molecule has 1 fully saturated rings. The maximum Gasteiger partial charge on any atom is 0.229 e. The number of ether oxygens (including phenoxy) is 1. The highest BCUT2D eigenvalue weighted by atomic mass is 35.5. The number of benzene rings is 2. The maximum absolute atomic E-state index is 14.1. The van der Waals surface area contributed by atoms with Crippen molar-refractivity contribution in [3.63, 3.8) is 0 Å². The zero-order chi connectivity index (χ0) is 21.1. The predicted octanol–water partition coefficient (Wildman–Crippen LogP) is 5.92. The molecular formula is C21H19ClF2N2O2S2. The van der Waals surface area contributed by atoms with Crippen molar-refractivity contribution in [3.05, 3.63) is 53.1 Å². The van der Waals surface area contributed by atoms with Gasteiger partial charge in [0.15, 0.2) is 10.9 Å². The standard InChI is InChI=1S/C21H19ClF2N2O2S2/c22-13-3-5-16(6-4-13)29-9-7-19(27)26(12-15-2-1-8-28-15)21-25-20-17(24)10-14(23)11-18(20)30-21/h3-6,10-11,15H,1-2,7-9,12H2. The number of hydrogen-bond donors (Lipinski definition) is 0. The quantitative estimate of drug-likeness (QED) is 0.403. The van der Waals surface area contributed by atoms with E-state index in [0.29, 0.717) is 33.8 Å². The maximum atomic E-state index is 14.1. The third-order valence-electron chi connectivity index (χ3n) is 4.74. The number of nitrogens with zero attached hydrogens (tertiary/aromatic N) is 2. The van der Waals surface area contributed by atoms with Crippen LogP contribution in [0, 0.1) is 11.6 Å². The van der Waals surface area contributed by atoms with Crippen molar-refractivity contribution < 1.29 is 18.3 Å². The van der Waals surface area contributed by atoms with E-state index in [4.69, 9.17) is 16.3 Å². The Hall–Kier alpha value is -1.74. The Bertz CT molecular complexity index is 1040. The van der Waals surface area contributed by atoms with E-state index >= 15 is 0 Å². The van der Waals surface area contributed by atoms with E-state index < -0.39 is 11.6 Å². The summed E-state index contributed by atoms with van der Waals surface area (Å²) in [6.45, 7) is 1.02. The first-order valence-corrected chi connectivity index (χ1v) is 11.7. The third kappa shape index (κ3) is 5.11. The minimum Gasteiger partial charge on any atom is -0.376 e. The van der Waals surface area contributed by atoms with Gasteiger partial charge in [-0.05, 0) is 43.2 Å². The third-order valence-corrected chi connectivity index (χ3v) is 7.03. The van der Waals surface area contributed by atoms with Crippen LogP contribution in [0.3, 0.4) is 0 Å². The van der Waals surface area contributed by atoms with Gasteiger partial charge in [-0.25, -0.2) is 13.8 Å². The Morgan fingerprint density at radius 3 is 2.83 bits per heavy atom. The van der Waals surface area contributed by atoms with Crippen molar-refractivity contribution in [2.45, 2.75) is 30.3 Å². The summed E-state index contributed by atoms with van der Waals surface area (Å²) in [7, 11) is 0. The summed E-state index contributed by atoms with van der Waals surface area (Å²) in [5.41, 5.74) is 0.0806. The Morgan fingerprint density at radius 2 is 2.10 bits per heavy atom. The van der Waals surface area contributed by atoms with Gasteiger partial charge in [-0.2, -0.15) is 0 Å². The zero-order valence-corrected chi connectivity index (χ0v) is 18.3. The summed E-state index contributed by atoms with van der Waals surface area (Å²) in [5.74, 6) is -0.926. The van der Waals surface area contributed by atoms with Gasteiger partial charge < -0.3 is 4.74 Å². The summed E-state index contributed by atoms with van der Waals surface area (Å²) >= 11 is 8.58. The highest BCUT2D eigenvalue weighted by Gasteiger charge is 2.26. The number of anilines is 1. The molecule has 3 aromatic rings. The lowest BCUT2D eigenvalue weighted by Crippen LogP contribution is -2.37. The molecule has 1 aromatic heterocycles. The largest absolute Gasteiger partial charge is 0.376 e. The van der Waals surface area contributed by atoms with Crippen LogP contribution >= 0.6 is 34.7 Å². The molecule has 2 heterocycles. The molecule has 1 aliphatic rings. The normalized spacial score (nSPS) is 16.3. The van der Waals surface area contributed by atoms with Crippen LogP contribution in [0.2, 0.25) is 5.02 Å². The minimum absolute atomic E-state index is 0.0773. The highest BCUT2D eigenvalue weighted by molar-refractivity contribution is 7.99. The van der Waals surface area contributed by atoms with E-state index in [0.717, 1.165) is 35.1 Å². The second-order valence-electron chi connectivity index (χ2n) is 6.92. The topological polar surface area (TPSA) is 42.4 Å². The molecule has 4 nitrogen and oxygen atoms in total. The molecule has 9 heteroatoms. The van der Waals surface area contributed by atoms with Gasteiger partial charge in [-0.3, -0.25) is 9.69 Å². The van der Waals surface area contributed by atoms with Crippen molar-refractivity contribution in [2.75, 3.05) is 23.8 Å². The number of thioether (sulfide) groups is 1. The fourth-order valence-electron chi connectivity index (χ4n) is 3.26. The molecule has 0 spiro atoms. The van der Waals surface area contributed by atoms with E-state index in [1.165, 1.54) is 6.07 Å². The molecule has 1 atom stereocenters. The van der Waals surface area contributed by atoms with E-state index in [9.17, 15) is 13.6 Å². The monoisotopic (exact) mass is 468 g/mol. The number of aromatic nitrogens is 1. The lowest BCUT2D eigenvalue weighted by atomic mass is 10.2. The Morgan fingerprint density at radius 1 is 1.30 bits per heavy atom. The van der Waals surface area contributed by atoms with Gasteiger partial charge in [0.25, 0.3) is 0 Å². The van der Waals surface area contributed by atoms with Crippen LogP contribution in [0.25, 0.3) is 10.2 Å². The molecule has 0 bridgehead atoms. The molecular weight excluding hydrogens is 450 g/mol. The molecule has 30 heavy (non-hydrogen) atoms. The number of carbonyl (C=O) groups excluding carboxylic acids is 1. The second-order valence-corrected chi connectivity index (χ2v) is 9.54. The van der Waals surface area contributed by atoms with Gasteiger partial charge >= 0.3 is 0 Å².